The first kappa shape index (κ1) is 28.3. The molecule has 1 atom stereocenters. The largest absolute Gasteiger partial charge is 0.467 e. The fraction of sp³-hybridized carbons (Fsp3) is 0.143. The van der Waals surface area contributed by atoms with Crippen LogP contribution in [0.3, 0.4) is 0 Å². The molecule has 0 unspecified atom stereocenters. The van der Waals surface area contributed by atoms with Gasteiger partial charge in [-0.05, 0) is 72.3 Å². The molecule has 1 aromatic heterocycles. The summed E-state index contributed by atoms with van der Waals surface area (Å²) in [4.78, 5) is 26.7. The van der Waals surface area contributed by atoms with Crippen molar-refractivity contribution in [2.24, 2.45) is 0 Å². The minimum absolute atomic E-state index is 0.00583. The highest BCUT2D eigenvalue weighted by Gasteiger charge is 2.33. The Morgan fingerprint density at radius 3 is 2.37 bits per heavy atom. The van der Waals surface area contributed by atoms with Gasteiger partial charge < -0.3 is 14.6 Å². The maximum Gasteiger partial charge on any atom is 0.416 e. The fourth-order valence-corrected chi connectivity index (χ4v) is 6.40. The molecule has 2 heterocycles. The highest BCUT2D eigenvalue weighted by atomic mass is 32.2. The molecule has 3 aromatic carbocycles. The quantitative estimate of drug-likeness (QED) is 0.252. The van der Waals surface area contributed by atoms with Crippen LogP contribution in [-0.2, 0) is 27.5 Å². The maximum absolute atomic E-state index is 12.9. The Morgan fingerprint density at radius 2 is 1.71 bits per heavy atom. The van der Waals surface area contributed by atoms with Crippen LogP contribution in [0.1, 0.15) is 32.6 Å². The maximum atomic E-state index is 12.9. The Hall–Kier alpha value is -4.23. The van der Waals surface area contributed by atoms with Crippen LogP contribution in [-0.4, -0.2) is 30.9 Å². The highest BCUT2D eigenvalue weighted by molar-refractivity contribution is 8.00. The van der Waals surface area contributed by atoms with E-state index >= 15 is 0 Å². The van der Waals surface area contributed by atoms with Crippen LogP contribution in [0, 0.1) is 0 Å². The number of benzene rings is 3. The smallest absolute Gasteiger partial charge is 0.416 e. The third-order valence-corrected chi connectivity index (χ3v) is 8.85. The molecule has 2 amide bonds. The normalized spacial score (nSPS) is 15.6. The molecule has 0 aliphatic carbocycles. The van der Waals surface area contributed by atoms with E-state index in [0.717, 1.165) is 17.7 Å². The van der Waals surface area contributed by atoms with Gasteiger partial charge in [0.15, 0.2) is 0 Å². The number of nitrogens with one attached hydrogen (secondary N) is 2. The van der Waals surface area contributed by atoms with E-state index in [4.69, 9.17) is 4.42 Å². The lowest BCUT2D eigenvalue weighted by Gasteiger charge is -2.23. The Kier molecular flexibility index (Phi) is 7.82. The minimum Gasteiger partial charge on any atom is -0.467 e. The van der Waals surface area contributed by atoms with Gasteiger partial charge in [0.1, 0.15) is 11.1 Å². The molecule has 0 radical (unpaired) electrons. The Bertz CT molecular complexity index is 1660. The van der Waals surface area contributed by atoms with Crippen LogP contribution in [0.15, 0.2) is 101 Å². The molecule has 0 spiro atoms. The molecule has 4 aromatic rings. The summed E-state index contributed by atoms with van der Waals surface area (Å²) in [5.41, 5.74) is 0.310. The number of anilines is 2. The third-order valence-electron chi connectivity index (χ3n) is 6.20. The summed E-state index contributed by atoms with van der Waals surface area (Å²) < 4.78 is 71.7. The molecule has 41 heavy (non-hydrogen) atoms. The number of nitrogens with zero attached hydrogens (tertiary/aromatic N) is 1. The number of thioether (sulfide) groups is 1. The minimum atomic E-state index is -4.61. The second-order valence-corrected chi connectivity index (χ2v) is 11.8. The van der Waals surface area contributed by atoms with Crippen molar-refractivity contribution in [2.45, 2.75) is 23.0 Å². The molecule has 212 valence electrons. The van der Waals surface area contributed by atoms with Crippen molar-refractivity contribution < 1.29 is 35.6 Å². The summed E-state index contributed by atoms with van der Waals surface area (Å²) in [6.45, 7) is 0.340. The zero-order valence-electron chi connectivity index (χ0n) is 21.1. The first-order valence-corrected chi connectivity index (χ1v) is 14.7. The number of carbonyl (C=O) groups excluding carboxylic acids is 2. The van der Waals surface area contributed by atoms with E-state index in [0.29, 0.717) is 35.4 Å². The summed E-state index contributed by atoms with van der Waals surface area (Å²) in [5.74, 6) is 0.576. The lowest BCUT2D eigenvalue weighted by Crippen LogP contribution is -2.27. The van der Waals surface area contributed by atoms with Gasteiger partial charge in [-0.3, -0.25) is 14.3 Å². The lowest BCUT2D eigenvalue weighted by molar-refractivity contribution is -0.137. The Morgan fingerprint density at radius 1 is 0.976 bits per heavy atom. The van der Waals surface area contributed by atoms with Gasteiger partial charge in [0.25, 0.3) is 15.9 Å². The summed E-state index contributed by atoms with van der Waals surface area (Å²) in [6, 6.07) is 19.5. The van der Waals surface area contributed by atoms with Gasteiger partial charge in [-0.2, -0.15) is 13.2 Å². The molecule has 5 rings (SSSR count). The van der Waals surface area contributed by atoms with Crippen LogP contribution in [0.5, 0.6) is 0 Å². The molecule has 13 heteroatoms. The topological polar surface area (TPSA) is 109 Å². The number of sulfonamides is 1. The highest BCUT2D eigenvalue weighted by Crippen LogP contribution is 2.39. The van der Waals surface area contributed by atoms with E-state index in [2.05, 4.69) is 10.0 Å². The summed E-state index contributed by atoms with van der Waals surface area (Å²) in [6.07, 6.45) is -3.06. The molecule has 0 saturated carbocycles. The molecule has 1 saturated heterocycles. The number of carbonyl (C=O) groups is 2. The van der Waals surface area contributed by atoms with E-state index in [1.165, 1.54) is 42.1 Å². The van der Waals surface area contributed by atoms with Gasteiger partial charge in [-0.1, -0.05) is 18.2 Å². The monoisotopic (exact) mass is 601 g/mol. The van der Waals surface area contributed by atoms with Crippen LogP contribution in [0.25, 0.3) is 0 Å². The van der Waals surface area contributed by atoms with Gasteiger partial charge in [0, 0.05) is 16.9 Å². The first-order valence-electron chi connectivity index (χ1n) is 12.1. The van der Waals surface area contributed by atoms with Gasteiger partial charge in [0.2, 0.25) is 5.91 Å². The molecule has 1 fully saturated rings. The SMILES string of the molecule is O=C(Nc1ccc(S(=O)(=O)Nc2cccc(C(F)(F)F)c2)cc1)c1ccc([C@@H]2SCC(=O)N2Cc2ccco2)cc1. The number of rotatable bonds is 8. The van der Waals surface area contributed by atoms with E-state index < -0.39 is 27.7 Å². The van der Waals surface area contributed by atoms with E-state index in [1.54, 1.807) is 47.6 Å². The van der Waals surface area contributed by atoms with Gasteiger partial charge in [0.05, 0.1) is 29.0 Å². The Labute approximate surface area is 237 Å². The third kappa shape index (κ3) is 6.57. The second kappa shape index (κ2) is 11.3. The number of furan rings is 1. The van der Waals surface area contributed by atoms with Crippen molar-refractivity contribution in [3.05, 3.63) is 114 Å². The molecule has 8 nitrogen and oxygen atoms in total. The van der Waals surface area contributed by atoms with Gasteiger partial charge in [-0.25, -0.2) is 8.42 Å². The van der Waals surface area contributed by atoms with E-state index in [-0.39, 0.29) is 21.9 Å². The standard InChI is InChI=1S/C28H22F3N3O5S2/c29-28(30,31)20-3-1-4-22(15-20)33-41(37,38)24-12-10-21(11-13-24)32-26(36)18-6-8-19(9-7-18)27-34(25(35)17-40-27)16-23-5-2-14-39-23/h1-15,27,33H,16-17H2,(H,32,36)/t27-/m0/s1. The van der Waals surface area contributed by atoms with Crippen molar-refractivity contribution in [1.82, 2.24) is 4.90 Å². The lowest BCUT2D eigenvalue weighted by atomic mass is 10.1. The van der Waals surface area contributed by atoms with Crippen LogP contribution < -0.4 is 10.0 Å². The number of halogens is 3. The fourth-order valence-electron chi connectivity index (χ4n) is 4.16. The molecular weight excluding hydrogens is 579 g/mol. The Balaban J connectivity index is 1.22. The van der Waals surface area contributed by atoms with Crippen molar-refractivity contribution >= 4 is 45.0 Å². The molecule has 0 bridgehead atoms. The van der Waals surface area contributed by atoms with Crippen LogP contribution >= 0.6 is 11.8 Å². The zero-order valence-corrected chi connectivity index (χ0v) is 22.7. The summed E-state index contributed by atoms with van der Waals surface area (Å²) in [5, 5.41) is 2.47. The van der Waals surface area contributed by atoms with Crippen molar-refractivity contribution in [2.75, 3.05) is 15.8 Å². The second-order valence-electron chi connectivity index (χ2n) is 9.05. The van der Waals surface area contributed by atoms with Crippen molar-refractivity contribution in [1.29, 1.82) is 0 Å². The van der Waals surface area contributed by atoms with Crippen molar-refractivity contribution in [3.63, 3.8) is 0 Å². The molecule has 2 N–H and O–H groups in total. The number of amides is 2. The first-order chi connectivity index (χ1) is 19.5. The molecule has 1 aliphatic rings. The summed E-state index contributed by atoms with van der Waals surface area (Å²) in [7, 11) is -4.18. The zero-order chi connectivity index (χ0) is 29.2. The predicted octanol–water partition coefficient (Wildman–Crippen LogP) is 6.13. The molecular formula is C28H22F3N3O5S2. The average Bonchev–Trinajstić information content (AvgIpc) is 3.59. The number of hydrogen-bond acceptors (Lipinski definition) is 6. The van der Waals surface area contributed by atoms with Crippen molar-refractivity contribution in [3.8, 4) is 0 Å². The predicted molar refractivity (Wildman–Crippen MR) is 148 cm³/mol. The van der Waals surface area contributed by atoms with Gasteiger partial charge in [-0.15, -0.1) is 11.8 Å². The van der Waals surface area contributed by atoms with Crippen LogP contribution in [0.4, 0.5) is 24.5 Å². The summed E-state index contributed by atoms with van der Waals surface area (Å²) >= 11 is 1.49. The average molecular weight is 602 g/mol. The van der Waals surface area contributed by atoms with Gasteiger partial charge >= 0.3 is 6.18 Å². The van der Waals surface area contributed by atoms with Crippen LogP contribution in [0.2, 0.25) is 0 Å². The number of alkyl halides is 3. The number of hydrogen-bond donors (Lipinski definition) is 2. The molecule has 1 aliphatic heterocycles. The van der Waals surface area contributed by atoms with E-state index in [9.17, 15) is 31.2 Å². The van der Waals surface area contributed by atoms with E-state index in [1.807, 2.05) is 0 Å².